The Labute approximate surface area is 206 Å². The van der Waals surface area contributed by atoms with Crippen LogP contribution in [0.3, 0.4) is 0 Å². The summed E-state index contributed by atoms with van der Waals surface area (Å²) in [6, 6.07) is 16.7. The number of likely N-dealkylation sites (tertiary alicyclic amines) is 1. The summed E-state index contributed by atoms with van der Waals surface area (Å²) in [5.74, 6) is 1.98. The highest BCUT2D eigenvalue weighted by Gasteiger charge is 2.29. The summed E-state index contributed by atoms with van der Waals surface area (Å²) in [7, 11) is 4.85. The summed E-state index contributed by atoms with van der Waals surface area (Å²) in [5, 5.41) is 4.90. The average molecular weight is 477 g/mol. The summed E-state index contributed by atoms with van der Waals surface area (Å²) in [4.78, 5) is 28.2. The molecule has 0 radical (unpaired) electrons. The van der Waals surface area contributed by atoms with Crippen LogP contribution >= 0.6 is 0 Å². The van der Waals surface area contributed by atoms with E-state index >= 15 is 0 Å². The molecule has 2 amide bonds. The van der Waals surface area contributed by atoms with Crippen LogP contribution in [0.1, 0.15) is 41.7 Å². The highest BCUT2D eigenvalue weighted by molar-refractivity contribution is 6.08. The monoisotopic (exact) mass is 476 g/mol. The van der Waals surface area contributed by atoms with Gasteiger partial charge in [-0.3, -0.25) is 9.59 Å². The lowest BCUT2D eigenvalue weighted by molar-refractivity contribution is -0.127. The molecule has 1 fully saturated rings. The van der Waals surface area contributed by atoms with Crippen LogP contribution in [-0.4, -0.2) is 51.1 Å². The Morgan fingerprint density at radius 2 is 1.54 bits per heavy atom. The molecule has 0 saturated carbocycles. The molecule has 1 saturated heterocycles. The standard InChI is InChI=1S/C28H32N2O5/c1-18(24-17-20(33-2)9-11-26(24)35-4)29-27(31)19-13-15-30(16-14-19)28(32)23-10-12-25(34-3)22-8-6-5-7-21(22)23/h5-12,17-19H,13-16H2,1-4H3,(H,29,31)/t18-/m0/s1. The molecule has 1 N–H and O–H groups in total. The van der Waals surface area contributed by atoms with Crippen molar-refractivity contribution in [2.75, 3.05) is 34.4 Å². The molecule has 3 aromatic rings. The third-order valence-corrected chi connectivity index (χ3v) is 6.75. The fourth-order valence-corrected chi connectivity index (χ4v) is 4.74. The molecule has 0 aromatic heterocycles. The van der Waals surface area contributed by atoms with Gasteiger partial charge in [-0.15, -0.1) is 0 Å². The molecule has 1 heterocycles. The number of nitrogens with one attached hydrogen (secondary N) is 1. The maximum absolute atomic E-state index is 13.3. The van der Waals surface area contributed by atoms with E-state index in [0.717, 1.165) is 22.1 Å². The lowest BCUT2D eigenvalue weighted by Crippen LogP contribution is -2.43. The average Bonchev–Trinajstić information content (AvgIpc) is 2.91. The predicted molar refractivity (Wildman–Crippen MR) is 135 cm³/mol. The van der Waals surface area contributed by atoms with Gasteiger partial charge in [-0.1, -0.05) is 24.3 Å². The van der Waals surface area contributed by atoms with Crippen LogP contribution in [0, 0.1) is 5.92 Å². The summed E-state index contributed by atoms with van der Waals surface area (Å²) in [6.45, 7) is 3.00. The van der Waals surface area contributed by atoms with Crippen LogP contribution in [0.2, 0.25) is 0 Å². The summed E-state index contributed by atoms with van der Waals surface area (Å²) >= 11 is 0. The molecule has 0 unspecified atom stereocenters. The third-order valence-electron chi connectivity index (χ3n) is 6.75. The second kappa shape index (κ2) is 10.7. The number of carbonyl (C=O) groups excluding carboxylic acids is 2. The van der Waals surface area contributed by atoms with E-state index in [-0.39, 0.29) is 23.8 Å². The van der Waals surface area contributed by atoms with Crippen molar-refractivity contribution in [3.8, 4) is 17.2 Å². The summed E-state index contributed by atoms with van der Waals surface area (Å²) < 4.78 is 16.2. The number of methoxy groups -OCH3 is 3. The number of nitrogens with zero attached hydrogens (tertiary/aromatic N) is 1. The SMILES string of the molecule is COc1ccc(OC)c([C@H](C)NC(=O)C2CCN(C(=O)c3ccc(OC)c4ccccc34)CC2)c1. The van der Waals surface area contributed by atoms with Gasteiger partial charge in [-0.2, -0.15) is 0 Å². The van der Waals surface area contributed by atoms with Crippen molar-refractivity contribution in [2.24, 2.45) is 5.92 Å². The molecule has 7 nitrogen and oxygen atoms in total. The van der Waals surface area contributed by atoms with Crippen molar-refractivity contribution < 1.29 is 23.8 Å². The molecule has 1 aliphatic rings. The Kier molecular flexibility index (Phi) is 7.44. The van der Waals surface area contributed by atoms with Crippen molar-refractivity contribution in [3.05, 3.63) is 65.7 Å². The van der Waals surface area contributed by atoms with Gasteiger partial charge in [0.15, 0.2) is 0 Å². The van der Waals surface area contributed by atoms with Crippen molar-refractivity contribution >= 4 is 22.6 Å². The van der Waals surface area contributed by atoms with Crippen molar-refractivity contribution in [2.45, 2.75) is 25.8 Å². The van der Waals surface area contributed by atoms with E-state index in [0.29, 0.717) is 43.0 Å². The Bertz CT molecular complexity index is 1220. The summed E-state index contributed by atoms with van der Waals surface area (Å²) in [5.41, 5.74) is 1.52. The topological polar surface area (TPSA) is 77.1 Å². The zero-order chi connectivity index (χ0) is 24.9. The number of piperidine rings is 1. The Morgan fingerprint density at radius 1 is 0.886 bits per heavy atom. The van der Waals surface area contributed by atoms with Crippen LogP contribution in [0.15, 0.2) is 54.6 Å². The van der Waals surface area contributed by atoms with Gasteiger partial charge < -0.3 is 24.4 Å². The maximum atomic E-state index is 13.3. The lowest BCUT2D eigenvalue weighted by atomic mass is 9.94. The zero-order valence-corrected chi connectivity index (χ0v) is 20.7. The van der Waals surface area contributed by atoms with Gasteiger partial charge >= 0.3 is 0 Å². The molecular formula is C28H32N2O5. The van der Waals surface area contributed by atoms with E-state index in [9.17, 15) is 9.59 Å². The van der Waals surface area contributed by atoms with Crippen LogP contribution in [0.4, 0.5) is 0 Å². The minimum atomic E-state index is -0.238. The molecule has 0 aliphatic carbocycles. The van der Waals surface area contributed by atoms with Gasteiger partial charge in [-0.25, -0.2) is 0 Å². The Balaban J connectivity index is 1.41. The molecule has 35 heavy (non-hydrogen) atoms. The first kappa shape index (κ1) is 24.4. The lowest BCUT2D eigenvalue weighted by Gasteiger charge is -2.32. The number of fused-ring (bicyclic) bond motifs is 1. The molecule has 3 aromatic carbocycles. The minimum Gasteiger partial charge on any atom is -0.497 e. The van der Waals surface area contributed by atoms with Crippen LogP contribution in [0.25, 0.3) is 10.8 Å². The predicted octanol–water partition coefficient (Wildman–Crippen LogP) is 4.60. The molecule has 4 rings (SSSR count). The van der Waals surface area contributed by atoms with Crippen molar-refractivity contribution in [1.82, 2.24) is 10.2 Å². The van der Waals surface area contributed by atoms with E-state index in [1.54, 1.807) is 21.3 Å². The number of ether oxygens (including phenoxy) is 3. The first-order valence-corrected chi connectivity index (χ1v) is 11.8. The second-order valence-electron chi connectivity index (χ2n) is 8.77. The van der Waals surface area contributed by atoms with Crippen LogP contribution < -0.4 is 19.5 Å². The molecular weight excluding hydrogens is 444 g/mol. The van der Waals surface area contributed by atoms with Gasteiger partial charge in [-0.05, 0) is 55.5 Å². The van der Waals surface area contributed by atoms with Crippen LogP contribution in [-0.2, 0) is 4.79 Å². The molecule has 184 valence electrons. The second-order valence-corrected chi connectivity index (χ2v) is 8.77. The first-order chi connectivity index (χ1) is 17.0. The van der Waals surface area contributed by atoms with Crippen molar-refractivity contribution in [3.63, 3.8) is 0 Å². The zero-order valence-electron chi connectivity index (χ0n) is 20.7. The molecule has 0 spiro atoms. The maximum Gasteiger partial charge on any atom is 0.254 e. The van der Waals surface area contributed by atoms with E-state index in [1.165, 1.54) is 0 Å². The van der Waals surface area contributed by atoms with Gasteiger partial charge in [0, 0.05) is 35.5 Å². The number of hydrogen-bond acceptors (Lipinski definition) is 5. The number of rotatable bonds is 7. The molecule has 7 heteroatoms. The van der Waals surface area contributed by atoms with E-state index in [4.69, 9.17) is 14.2 Å². The van der Waals surface area contributed by atoms with Crippen molar-refractivity contribution in [1.29, 1.82) is 0 Å². The van der Waals surface area contributed by atoms with Crippen LogP contribution in [0.5, 0.6) is 17.2 Å². The van der Waals surface area contributed by atoms with E-state index in [2.05, 4.69) is 5.32 Å². The first-order valence-electron chi connectivity index (χ1n) is 11.8. The highest BCUT2D eigenvalue weighted by Crippen LogP contribution is 2.31. The number of hydrogen-bond donors (Lipinski definition) is 1. The van der Waals surface area contributed by atoms with Gasteiger partial charge in [0.1, 0.15) is 17.2 Å². The largest absolute Gasteiger partial charge is 0.497 e. The molecule has 1 atom stereocenters. The van der Waals surface area contributed by atoms with Gasteiger partial charge in [0.2, 0.25) is 5.91 Å². The fraction of sp³-hybridized carbons (Fsp3) is 0.357. The smallest absolute Gasteiger partial charge is 0.254 e. The summed E-state index contributed by atoms with van der Waals surface area (Å²) in [6.07, 6.45) is 1.24. The Hall–Kier alpha value is -3.74. The minimum absolute atomic E-state index is 0.00984. The molecule has 1 aliphatic heterocycles. The number of amides is 2. The van der Waals surface area contributed by atoms with E-state index < -0.39 is 0 Å². The molecule has 0 bridgehead atoms. The number of carbonyl (C=O) groups is 2. The van der Waals surface area contributed by atoms with E-state index in [1.807, 2.05) is 66.4 Å². The third kappa shape index (κ3) is 5.04. The van der Waals surface area contributed by atoms with Gasteiger partial charge in [0.25, 0.3) is 5.91 Å². The van der Waals surface area contributed by atoms with Gasteiger partial charge in [0.05, 0.1) is 27.4 Å². The quantitative estimate of drug-likeness (QED) is 0.540. The Morgan fingerprint density at radius 3 is 2.20 bits per heavy atom. The fourth-order valence-electron chi connectivity index (χ4n) is 4.74. The normalized spacial score (nSPS) is 14.9. The highest BCUT2D eigenvalue weighted by atomic mass is 16.5. The number of benzene rings is 3.